The molecule has 1 aromatic heterocycles. The van der Waals surface area contributed by atoms with E-state index < -0.39 is 45.2 Å². The minimum atomic E-state index is -3.65. The number of anilines is 1. The van der Waals surface area contributed by atoms with Gasteiger partial charge in [0.1, 0.15) is 5.69 Å². The van der Waals surface area contributed by atoms with Crippen LogP contribution in [0.4, 0.5) is 10.5 Å². The number of ketones is 1. The first-order valence-corrected chi connectivity index (χ1v) is 18.8. The third-order valence-electron chi connectivity index (χ3n) is 8.61. The number of nitrogens with one attached hydrogen (secondary N) is 1. The quantitative estimate of drug-likeness (QED) is 0.0817. The highest BCUT2D eigenvalue weighted by Crippen LogP contribution is 2.32. The summed E-state index contributed by atoms with van der Waals surface area (Å²) in [4.78, 5) is 54.9. The molecule has 1 N–H and O–H groups in total. The monoisotopic (exact) mass is 712 g/mol. The van der Waals surface area contributed by atoms with E-state index >= 15 is 0 Å². The van der Waals surface area contributed by atoms with Crippen LogP contribution < -0.4 is 5.32 Å². The van der Waals surface area contributed by atoms with Gasteiger partial charge < -0.3 is 10.1 Å². The van der Waals surface area contributed by atoms with Crippen molar-refractivity contribution in [3.8, 4) is 11.1 Å². The number of cyclic esters (lactones) is 1. The lowest BCUT2D eigenvalue weighted by atomic mass is 9.98. The second-order valence-corrected chi connectivity index (χ2v) is 15.4. The molecule has 1 aliphatic heterocycles. The van der Waals surface area contributed by atoms with Crippen LogP contribution in [-0.2, 0) is 31.2 Å². The van der Waals surface area contributed by atoms with Crippen molar-refractivity contribution in [2.45, 2.75) is 102 Å². The summed E-state index contributed by atoms with van der Waals surface area (Å²) in [7, 11) is -2.14. The Labute approximate surface area is 293 Å². The van der Waals surface area contributed by atoms with Crippen LogP contribution in [0, 0.1) is 0 Å². The number of aromatic nitrogens is 2. The fourth-order valence-electron chi connectivity index (χ4n) is 5.84. The topological polar surface area (TPSA) is 145 Å². The molecule has 0 radical (unpaired) electrons. The lowest BCUT2D eigenvalue weighted by Gasteiger charge is -2.24. The molecule has 0 aliphatic carbocycles. The zero-order valence-electron chi connectivity index (χ0n) is 28.5. The van der Waals surface area contributed by atoms with Crippen molar-refractivity contribution in [3.05, 3.63) is 65.4 Å². The van der Waals surface area contributed by atoms with E-state index in [0.29, 0.717) is 22.4 Å². The molecule has 2 aromatic carbocycles. The summed E-state index contributed by atoms with van der Waals surface area (Å²) in [5.41, 5.74) is -0.621. The Bertz CT molecular complexity index is 1770. The van der Waals surface area contributed by atoms with Crippen LogP contribution in [0.15, 0.2) is 59.6 Å². The van der Waals surface area contributed by atoms with Crippen molar-refractivity contribution in [2.75, 3.05) is 11.1 Å². The molecule has 49 heavy (non-hydrogen) atoms. The van der Waals surface area contributed by atoms with Gasteiger partial charge in [0.05, 0.1) is 27.6 Å². The van der Waals surface area contributed by atoms with Gasteiger partial charge in [0.15, 0.2) is 21.5 Å². The van der Waals surface area contributed by atoms with Crippen molar-refractivity contribution in [2.24, 2.45) is 7.05 Å². The number of carbonyl (C=O) groups is 4. The van der Waals surface area contributed by atoms with Crippen LogP contribution in [-0.4, -0.2) is 64.2 Å². The molecular formula is C36H45ClN4O7S. The average molecular weight is 713 g/mol. The molecule has 11 nitrogen and oxygen atoms in total. The number of carbonyl (C=O) groups excluding carboxylic acids is 4. The van der Waals surface area contributed by atoms with Gasteiger partial charge in [0.25, 0.3) is 11.8 Å². The molecular weight excluding hydrogens is 668 g/mol. The number of ether oxygens (including phenoxy) is 1. The minimum absolute atomic E-state index is 0.00138. The fourth-order valence-corrected chi connectivity index (χ4v) is 7.52. The van der Waals surface area contributed by atoms with Crippen molar-refractivity contribution < 1.29 is 32.3 Å². The van der Waals surface area contributed by atoms with Crippen LogP contribution in [0.25, 0.3) is 11.1 Å². The van der Waals surface area contributed by atoms with Crippen molar-refractivity contribution in [1.82, 2.24) is 14.7 Å². The third-order valence-corrected chi connectivity index (χ3v) is 10.7. The molecule has 13 heteroatoms. The zero-order chi connectivity index (χ0) is 35.8. The van der Waals surface area contributed by atoms with Gasteiger partial charge in [-0.2, -0.15) is 5.10 Å². The molecule has 1 saturated heterocycles. The van der Waals surface area contributed by atoms with Gasteiger partial charge in [-0.25, -0.2) is 18.1 Å². The van der Waals surface area contributed by atoms with Crippen LogP contribution in [0.3, 0.4) is 0 Å². The number of hydrogen-bond acceptors (Lipinski definition) is 8. The second kappa shape index (κ2) is 16.6. The average Bonchev–Trinajstić information content (AvgIpc) is 3.54. The number of amides is 3. The van der Waals surface area contributed by atoms with Gasteiger partial charge in [-0.05, 0) is 44.0 Å². The highest BCUT2D eigenvalue weighted by molar-refractivity contribution is 7.91. The van der Waals surface area contributed by atoms with E-state index in [9.17, 15) is 27.6 Å². The SMILES string of the molecule is CCCCCCCCCCCCS(=O)(=O)c1ccc(NC(=O)C(C(=O)c2c(-c3ccccc3)cnn2C)N2C(=O)OC(C)(C)C2=O)c(Cl)c1. The molecule has 1 atom stereocenters. The summed E-state index contributed by atoms with van der Waals surface area (Å²) >= 11 is 6.47. The molecule has 4 rings (SSSR count). The van der Waals surface area contributed by atoms with Crippen LogP contribution in [0.2, 0.25) is 5.02 Å². The second-order valence-electron chi connectivity index (χ2n) is 12.8. The number of nitrogens with zero attached hydrogens (tertiary/aromatic N) is 3. The van der Waals surface area contributed by atoms with Gasteiger partial charge in [-0.3, -0.25) is 19.1 Å². The first-order chi connectivity index (χ1) is 23.3. The lowest BCUT2D eigenvalue weighted by Crippen LogP contribution is -2.53. The van der Waals surface area contributed by atoms with Gasteiger partial charge in [0, 0.05) is 12.6 Å². The summed E-state index contributed by atoms with van der Waals surface area (Å²) in [5, 5.41) is 6.63. The zero-order valence-corrected chi connectivity index (χ0v) is 30.1. The van der Waals surface area contributed by atoms with Gasteiger partial charge in [-0.15, -0.1) is 0 Å². The Hall–Kier alpha value is -4.03. The summed E-state index contributed by atoms with van der Waals surface area (Å²) in [5.74, 6) is -2.85. The van der Waals surface area contributed by atoms with E-state index in [0.717, 1.165) is 25.7 Å². The maximum atomic E-state index is 14.2. The summed E-state index contributed by atoms with van der Waals surface area (Å²) in [6, 6.07) is 10.8. The molecule has 3 amide bonds. The Morgan fingerprint density at radius 1 is 0.939 bits per heavy atom. The molecule has 0 bridgehead atoms. The number of aryl methyl sites for hydroxylation is 1. The highest BCUT2D eigenvalue weighted by Gasteiger charge is 2.54. The predicted octanol–water partition coefficient (Wildman–Crippen LogP) is 7.38. The fraction of sp³-hybridized carbons (Fsp3) is 0.472. The predicted molar refractivity (Wildman–Crippen MR) is 188 cm³/mol. The number of imide groups is 1. The van der Waals surface area contributed by atoms with Crippen LogP contribution in [0.5, 0.6) is 0 Å². The number of Topliss-reactive ketones (excluding diaryl/α,β-unsaturated/α-hetero) is 1. The highest BCUT2D eigenvalue weighted by atomic mass is 35.5. The Morgan fingerprint density at radius 2 is 1.55 bits per heavy atom. The van der Waals surface area contributed by atoms with E-state index in [1.807, 2.05) is 0 Å². The molecule has 0 saturated carbocycles. The van der Waals surface area contributed by atoms with Crippen LogP contribution >= 0.6 is 11.6 Å². The lowest BCUT2D eigenvalue weighted by molar-refractivity contribution is -0.137. The number of halogens is 1. The van der Waals surface area contributed by atoms with Crippen molar-refractivity contribution in [1.29, 1.82) is 0 Å². The van der Waals surface area contributed by atoms with Crippen molar-refractivity contribution >= 4 is 50.8 Å². The summed E-state index contributed by atoms with van der Waals surface area (Å²) < 4.78 is 32.6. The molecule has 2 heterocycles. The smallest absolute Gasteiger partial charge is 0.418 e. The van der Waals surface area contributed by atoms with E-state index in [2.05, 4.69) is 17.3 Å². The van der Waals surface area contributed by atoms with Gasteiger partial charge >= 0.3 is 6.09 Å². The van der Waals surface area contributed by atoms with E-state index in [1.165, 1.54) is 82.1 Å². The molecule has 0 spiro atoms. The number of unbranched alkanes of at least 4 members (excludes halogenated alkanes) is 9. The summed E-state index contributed by atoms with van der Waals surface area (Å²) in [6.07, 6.45) is 11.1. The van der Waals surface area contributed by atoms with Crippen LogP contribution in [0.1, 0.15) is 95.5 Å². The minimum Gasteiger partial charge on any atom is -0.433 e. The maximum absolute atomic E-state index is 14.2. The number of benzene rings is 2. The normalized spacial score (nSPS) is 14.9. The first kappa shape index (κ1) is 37.8. The number of sulfone groups is 1. The molecule has 264 valence electrons. The molecule has 1 aliphatic rings. The van der Waals surface area contributed by atoms with Gasteiger partial charge in [0.2, 0.25) is 5.78 Å². The maximum Gasteiger partial charge on any atom is 0.418 e. The van der Waals surface area contributed by atoms with E-state index in [-0.39, 0.29) is 27.1 Å². The largest absolute Gasteiger partial charge is 0.433 e. The number of hydrogen-bond donors (Lipinski definition) is 1. The van der Waals surface area contributed by atoms with E-state index in [4.69, 9.17) is 16.3 Å². The first-order valence-electron chi connectivity index (χ1n) is 16.8. The standard InChI is InChI=1S/C36H45ClN4O7S/c1-5-6-7-8-9-10-11-12-13-17-22-49(46,47)26-20-21-29(28(37)23-26)39-33(43)31(41-34(44)36(2,3)48-35(41)45)32(42)30-27(24-38-40(30)4)25-18-15-14-16-19-25/h14-16,18-21,23-24,31H,5-13,17,22H2,1-4H3,(H,39,43). The number of rotatable bonds is 18. The Kier molecular flexibility index (Phi) is 12.8. The Balaban J connectivity index is 1.50. The van der Waals surface area contributed by atoms with Gasteiger partial charge in [-0.1, -0.05) is 107 Å². The molecule has 1 unspecified atom stereocenters. The third kappa shape index (κ3) is 9.16. The summed E-state index contributed by atoms with van der Waals surface area (Å²) in [6.45, 7) is 4.91. The Morgan fingerprint density at radius 3 is 2.12 bits per heavy atom. The van der Waals surface area contributed by atoms with Crippen molar-refractivity contribution in [3.63, 3.8) is 0 Å². The molecule has 1 fully saturated rings. The van der Waals surface area contributed by atoms with E-state index in [1.54, 1.807) is 30.3 Å². The molecule has 3 aromatic rings.